The normalized spacial score (nSPS) is 13.7. The van der Waals surface area contributed by atoms with Gasteiger partial charge in [0.2, 0.25) is 0 Å². The molecule has 1 atom stereocenters. The molecule has 2 rings (SSSR count). The molecular weight excluding hydrogens is 324 g/mol. The Morgan fingerprint density at radius 2 is 1.48 bits per heavy atom. The second kappa shape index (κ2) is 6.02. The largest absolute Gasteiger partial charge is 0.457 e. The van der Waals surface area contributed by atoms with Crippen molar-refractivity contribution in [3.05, 3.63) is 54.1 Å². The standard InChI is InChI=1S/C15H11F6NO/c16-13(14(17,18)15(19,20)21)9-2-1-3-12(8-9)23-11-6-4-10(22)5-7-11/h1-8,13H,22H2. The molecule has 0 bridgehead atoms. The van der Waals surface area contributed by atoms with Crippen molar-refractivity contribution >= 4 is 5.69 Å². The van der Waals surface area contributed by atoms with Crippen LogP contribution in [0.15, 0.2) is 48.5 Å². The second-order valence-corrected chi connectivity index (χ2v) is 4.73. The Morgan fingerprint density at radius 1 is 0.870 bits per heavy atom. The number of alkyl halides is 6. The molecule has 8 heteroatoms. The predicted octanol–water partition coefficient (Wildman–Crippen LogP) is 5.27. The lowest BCUT2D eigenvalue weighted by Gasteiger charge is -2.23. The summed E-state index contributed by atoms with van der Waals surface area (Å²) in [5, 5.41) is 0. The van der Waals surface area contributed by atoms with Gasteiger partial charge in [0.1, 0.15) is 11.5 Å². The summed E-state index contributed by atoms with van der Waals surface area (Å²) < 4.78 is 81.7. The van der Waals surface area contributed by atoms with Crippen molar-refractivity contribution in [3.8, 4) is 11.5 Å². The molecule has 0 saturated heterocycles. The minimum absolute atomic E-state index is 0.0760. The van der Waals surface area contributed by atoms with Gasteiger partial charge in [0.15, 0.2) is 6.17 Å². The van der Waals surface area contributed by atoms with E-state index in [2.05, 4.69) is 0 Å². The van der Waals surface area contributed by atoms with E-state index in [0.29, 0.717) is 5.69 Å². The number of anilines is 1. The van der Waals surface area contributed by atoms with Crippen LogP contribution in [-0.2, 0) is 0 Å². The molecule has 0 radical (unpaired) electrons. The van der Waals surface area contributed by atoms with Gasteiger partial charge >= 0.3 is 12.1 Å². The maximum Gasteiger partial charge on any atom is 0.456 e. The average molecular weight is 335 g/mol. The molecule has 0 aliphatic heterocycles. The van der Waals surface area contributed by atoms with Gasteiger partial charge in [0.05, 0.1) is 0 Å². The molecule has 2 N–H and O–H groups in total. The van der Waals surface area contributed by atoms with E-state index in [1.54, 1.807) is 0 Å². The van der Waals surface area contributed by atoms with E-state index in [1.807, 2.05) is 0 Å². The molecule has 0 fully saturated rings. The fourth-order valence-electron chi connectivity index (χ4n) is 1.76. The van der Waals surface area contributed by atoms with Crippen LogP contribution < -0.4 is 10.5 Å². The summed E-state index contributed by atoms with van der Waals surface area (Å²) in [6.07, 6.45) is -9.52. The zero-order valence-electron chi connectivity index (χ0n) is 11.4. The van der Waals surface area contributed by atoms with Crippen molar-refractivity contribution in [1.82, 2.24) is 0 Å². The highest BCUT2D eigenvalue weighted by Crippen LogP contribution is 2.47. The molecule has 2 aromatic carbocycles. The van der Waals surface area contributed by atoms with Crippen LogP contribution in [-0.4, -0.2) is 12.1 Å². The van der Waals surface area contributed by atoms with Crippen molar-refractivity contribution in [3.63, 3.8) is 0 Å². The van der Waals surface area contributed by atoms with E-state index in [-0.39, 0.29) is 11.5 Å². The van der Waals surface area contributed by atoms with Gasteiger partial charge in [-0.2, -0.15) is 22.0 Å². The summed E-state index contributed by atoms with van der Waals surface area (Å²) in [7, 11) is 0. The Morgan fingerprint density at radius 3 is 2.04 bits per heavy atom. The summed E-state index contributed by atoms with van der Waals surface area (Å²) in [5.74, 6) is -5.30. The lowest BCUT2D eigenvalue weighted by Crippen LogP contribution is -2.40. The highest BCUT2D eigenvalue weighted by atomic mass is 19.4. The molecule has 0 spiro atoms. The SMILES string of the molecule is Nc1ccc(Oc2cccc(C(F)C(F)(F)C(F)(F)F)c2)cc1. The zero-order chi connectivity index (χ0) is 17.3. The molecule has 23 heavy (non-hydrogen) atoms. The molecular formula is C15H11F6NO. The van der Waals surface area contributed by atoms with E-state index < -0.39 is 23.8 Å². The third-order valence-electron chi connectivity index (χ3n) is 2.96. The monoisotopic (exact) mass is 335 g/mol. The molecule has 0 aromatic heterocycles. The molecule has 2 nitrogen and oxygen atoms in total. The number of hydrogen-bond donors (Lipinski definition) is 1. The van der Waals surface area contributed by atoms with E-state index in [9.17, 15) is 26.3 Å². The Hall–Kier alpha value is -2.38. The minimum Gasteiger partial charge on any atom is -0.457 e. The summed E-state index contributed by atoms with van der Waals surface area (Å²) in [6, 6.07) is 10.0. The zero-order valence-corrected chi connectivity index (χ0v) is 11.4. The Kier molecular flexibility index (Phi) is 4.44. The van der Waals surface area contributed by atoms with E-state index in [0.717, 1.165) is 18.2 Å². The lowest BCUT2D eigenvalue weighted by molar-refractivity contribution is -0.305. The van der Waals surface area contributed by atoms with Gasteiger partial charge in [-0.05, 0) is 42.0 Å². The van der Waals surface area contributed by atoms with Gasteiger partial charge in [-0.25, -0.2) is 4.39 Å². The number of benzene rings is 2. The Labute approximate surface area is 127 Å². The van der Waals surface area contributed by atoms with E-state index in [1.165, 1.54) is 30.3 Å². The van der Waals surface area contributed by atoms with Crippen LogP contribution in [0.1, 0.15) is 11.7 Å². The lowest BCUT2D eigenvalue weighted by atomic mass is 10.0. The number of nitrogen functional groups attached to an aromatic ring is 1. The maximum absolute atomic E-state index is 13.6. The molecule has 0 aliphatic carbocycles. The minimum atomic E-state index is -5.99. The fraction of sp³-hybridized carbons (Fsp3) is 0.200. The first-order valence-electron chi connectivity index (χ1n) is 6.33. The van der Waals surface area contributed by atoms with Crippen molar-refractivity contribution < 1.29 is 31.1 Å². The smallest absolute Gasteiger partial charge is 0.456 e. The molecule has 0 amide bonds. The number of ether oxygens (including phenoxy) is 1. The van der Waals surface area contributed by atoms with Crippen LogP contribution >= 0.6 is 0 Å². The van der Waals surface area contributed by atoms with E-state index >= 15 is 0 Å². The third kappa shape index (κ3) is 3.69. The average Bonchev–Trinajstić information content (AvgIpc) is 2.48. The van der Waals surface area contributed by atoms with Crippen LogP contribution in [0.3, 0.4) is 0 Å². The Bertz CT molecular complexity index is 668. The van der Waals surface area contributed by atoms with Crippen LogP contribution in [0.4, 0.5) is 32.0 Å². The number of nitrogens with two attached hydrogens (primary N) is 1. The molecule has 1 unspecified atom stereocenters. The predicted molar refractivity (Wildman–Crippen MR) is 72.2 cm³/mol. The van der Waals surface area contributed by atoms with Crippen LogP contribution in [0.25, 0.3) is 0 Å². The second-order valence-electron chi connectivity index (χ2n) is 4.73. The molecule has 0 heterocycles. The fourth-order valence-corrected chi connectivity index (χ4v) is 1.76. The number of rotatable bonds is 4. The van der Waals surface area contributed by atoms with E-state index in [4.69, 9.17) is 10.5 Å². The van der Waals surface area contributed by atoms with Crippen molar-refractivity contribution in [2.75, 3.05) is 5.73 Å². The number of hydrogen-bond acceptors (Lipinski definition) is 2. The highest BCUT2D eigenvalue weighted by molar-refractivity contribution is 5.43. The number of halogens is 6. The molecule has 0 aliphatic rings. The van der Waals surface area contributed by atoms with Crippen LogP contribution in [0.5, 0.6) is 11.5 Å². The summed E-state index contributed by atoms with van der Waals surface area (Å²) in [4.78, 5) is 0. The van der Waals surface area contributed by atoms with Crippen molar-refractivity contribution in [2.45, 2.75) is 18.3 Å². The summed E-state index contributed by atoms with van der Waals surface area (Å²) in [5.41, 5.74) is 5.10. The van der Waals surface area contributed by atoms with Gasteiger partial charge in [-0.15, -0.1) is 0 Å². The topological polar surface area (TPSA) is 35.2 Å². The highest BCUT2D eigenvalue weighted by Gasteiger charge is 2.63. The first-order chi connectivity index (χ1) is 10.6. The van der Waals surface area contributed by atoms with Gasteiger partial charge in [-0.3, -0.25) is 0 Å². The summed E-state index contributed by atoms with van der Waals surface area (Å²) >= 11 is 0. The molecule has 0 saturated carbocycles. The van der Waals surface area contributed by atoms with Gasteiger partial charge in [0, 0.05) is 5.69 Å². The molecule has 124 valence electrons. The van der Waals surface area contributed by atoms with Gasteiger partial charge < -0.3 is 10.5 Å². The first kappa shape index (κ1) is 17.0. The van der Waals surface area contributed by atoms with Crippen LogP contribution in [0, 0.1) is 0 Å². The van der Waals surface area contributed by atoms with Gasteiger partial charge in [-0.1, -0.05) is 12.1 Å². The Balaban J connectivity index is 2.24. The van der Waals surface area contributed by atoms with Crippen molar-refractivity contribution in [2.24, 2.45) is 0 Å². The van der Waals surface area contributed by atoms with Gasteiger partial charge in [0.25, 0.3) is 0 Å². The third-order valence-corrected chi connectivity index (χ3v) is 2.96. The first-order valence-corrected chi connectivity index (χ1v) is 6.33. The maximum atomic E-state index is 13.6. The molecule has 2 aromatic rings. The van der Waals surface area contributed by atoms with Crippen molar-refractivity contribution in [1.29, 1.82) is 0 Å². The summed E-state index contributed by atoms with van der Waals surface area (Å²) in [6.45, 7) is 0. The quantitative estimate of drug-likeness (QED) is 0.610. The van der Waals surface area contributed by atoms with Crippen LogP contribution in [0.2, 0.25) is 0 Å².